The van der Waals surface area contributed by atoms with E-state index in [1.807, 2.05) is 37.3 Å². The third-order valence-electron chi connectivity index (χ3n) is 4.81. The molecule has 2 aromatic carbocycles. The van der Waals surface area contributed by atoms with Crippen molar-refractivity contribution in [3.8, 4) is 11.3 Å². The van der Waals surface area contributed by atoms with Crippen molar-refractivity contribution in [2.45, 2.75) is 13.5 Å². The van der Waals surface area contributed by atoms with Gasteiger partial charge in [0.15, 0.2) is 0 Å². The zero-order valence-electron chi connectivity index (χ0n) is 16.1. The molecule has 0 unspecified atom stereocenters. The molecule has 30 heavy (non-hydrogen) atoms. The number of urea groups is 1. The van der Waals surface area contributed by atoms with Crippen molar-refractivity contribution in [3.05, 3.63) is 88.8 Å². The summed E-state index contributed by atoms with van der Waals surface area (Å²) < 4.78 is 5.79. The van der Waals surface area contributed by atoms with Gasteiger partial charge in [0.25, 0.3) is 5.91 Å². The quantitative estimate of drug-likeness (QED) is 0.495. The minimum Gasteiger partial charge on any atom is -0.478 e. The van der Waals surface area contributed by atoms with Crippen molar-refractivity contribution >= 4 is 24.0 Å². The molecular formula is C23H18N2O5. The number of aryl methyl sites for hydroxylation is 1. The van der Waals surface area contributed by atoms with Crippen LogP contribution in [0, 0.1) is 6.92 Å². The van der Waals surface area contributed by atoms with Gasteiger partial charge in [-0.3, -0.25) is 9.69 Å². The van der Waals surface area contributed by atoms with E-state index in [4.69, 9.17) is 4.42 Å². The molecule has 4 rings (SSSR count). The number of furan rings is 1. The highest BCUT2D eigenvalue weighted by molar-refractivity contribution is 6.13. The molecule has 1 aromatic heterocycles. The summed E-state index contributed by atoms with van der Waals surface area (Å²) >= 11 is 0. The number of imide groups is 1. The van der Waals surface area contributed by atoms with Crippen LogP contribution in [0.3, 0.4) is 0 Å². The fourth-order valence-corrected chi connectivity index (χ4v) is 3.22. The van der Waals surface area contributed by atoms with Gasteiger partial charge >= 0.3 is 12.0 Å². The first-order valence-corrected chi connectivity index (χ1v) is 9.25. The monoisotopic (exact) mass is 402 g/mol. The Labute approximate surface area is 172 Å². The van der Waals surface area contributed by atoms with Crippen molar-refractivity contribution in [1.29, 1.82) is 0 Å². The van der Waals surface area contributed by atoms with Crippen LogP contribution in [0.1, 0.15) is 27.2 Å². The molecule has 150 valence electrons. The lowest BCUT2D eigenvalue weighted by Gasteiger charge is -2.11. The molecule has 2 N–H and O–H groups in total. The second kappa shape index (κ2) is 7.71. The maximum absolute atomic E-state index is 12.6. The van der Waals surface area contributed by atoms with Crippen LogP contribution in [-0.2, 0) is 11.3 Å². The predicted octanol–water partition coefficient (Wildman–Crippen LogP) is 4.05. The number of nitrogens with one attached hydrogen (secondary N) is 1. The Balaban J connectivity index is 1.57. The maximum atomic E-state index is 12.6. The molecule has 0 atom stereocenters. The van der Waals surface area contributed by atoms with Crippen LogP contribution in [0.5, 0.6) is 0 Å². The summed E-state index contributed by atoms with van der Waals surface area (Å²) in [4.78, 5) is 37.2. The molecule has 2 heterocycles. The van der Waals surface area contributed by atoms with Crippen molar-refractivity contribution in [1.82, 2.24) is 10.2 Å². The third kappa shape index (κ3) is 3.73. The molecule has 0 spiro atoms. The standard InChI is InChI=1S/C23H18N2O5/c1-14-7-8-16(22(27)28)11-18(14)20-10-9-17(30-20)12-19-21(26)25(23(29)24-19)13-15-5-3-2-4-6-15/h2-12H,13H2,1H3,(H,24,29)(H,27,28). The Kier molecular flexibility index (Phi) is 4.93. The maximum Gasteiger partial charge on any atom is 0.335 e. The minimum absolute atomic E-state index is 0.118. The van der Waals surface area contributed by atoms with E-state index in [0.717, 1.165) is 16.0 Å². The summed E-state index contributed by atoms with van der Waals surface area (Å²) in [6.45, 7) is 2.03. The number of carboxylic acids is 1. The summed E-state index contributed by atoms with van der Waals surface area (Å²) in [7, 11) is 0. The normalized spacial score (nSPS) is 15.0. The van der Waals surface area contributed by atoms with Crippen LogP contribution in [0.4, 0.5) is 4.79 Å². The first-order valence-electron chi connectivity index (χ1n) is 9.25. The highest BCUT2D eigenvalue weighted by atomic mass is 16.4. The predicted molar refractivity (Wildman–Crippen MR) is 109 cm³/mol. The van der Waals surface area contributed by atoms with Gasteiger partial charge in [-0.15, -0.1) is 0 Å². The van der Waals surface area contributed by atoms with Crippen LogP contribution in [-0.4, -0.2) is 27.9 Å². The molecule has 3 amide bonds. The minimum atomic E-state index is -1.03. The number of carbonyl (C=O) groups is 3. The van der Waals surface area contributed by atoms with Crippen molar-refractivity contribution in [3.63, 3.8) is 0 Å². The smallest absolute Gasteiger partial charge is 0.335 e. The molecule has 7 heteroatoms. The number of hydrogen-bond acceptors (Lipinski definition) is 4. The lowest BCUT2D eigenvalue weighted by atomic mass is 10.0. The molecular weight excluding hydrogens is 384 g/mol. The van der Waals surface area contributed by atoms with E-state index in [-0.39, 0.29) is 17.8 Å². The fourth-order valence-electron chi connectivity index (χ4n) is 3.22. The van der Waals surface area contributed by atoms with Gasteiger partial charge in [0, 0.05) is 11.6 Å². The number of rotatable bonds is 5. The molecule has 1 fully saturated rings. The van der Waals surface area contributed by atoms with Gasteiger partial charge in [0.2, 0.25) is 0 Å². The molecule has 7 nitrogen and oxygen atoms in total. The van der Waals surface area contributed by atoms with E-state index in [9.17, 15) is 19.5 Å². The number of amides is 3. The number of carbonyl (C=O) groups excluding carboxylic acids is 2. The highest BCUT2D eigenvalue weighted by Crippen LogP contribution is 2.28. The summed E-state index contributed by atoms with van der Waals surface area (Å²) in [5.41, 5.74) is 2.62. The van der Waals surface area contributed by atoms with Crippen LogP contribution in [0.2, 0.25) is 0 Å². The zero-order valence-corrected chi connectivity index (χ0v) is 16.1. The van der Waals surface area contributed by atoms with Crippen molar-refractivity contribution in [2.24, 2.45) is 0 Å². The number of benzene rings is 2. The van der Waals surface area contributed by atoms with Gasteiger partial charge in [0.05, 0.1) is 12.1 Å². The molecule has 0 radical (unpaired) electrons. The Hall–Kier alpha value is -4.13. The summed E-state index contributed by atoms with van der Waals surface area (Å²) in [5.74, 6) is -0.621. The van der Waals surface area contributed by atoms with Gasteiger partial charge < -0.3 is 14.8 Å². The van der Waals surface area contributed by atoms with Gasteiger partial charge in [-0.25, -0.2) is 9.59 Å². The molecule has 1 saturated heterocycles. The molecule has 0 bridgehead atoms. The molecule has 1 aliphatic rings. The molecule has 3 aromatic rings. The van der Waals surface area contributed by atoms with E-state index in [1.54, 1.807) is 18.2 Å². The average molecular weight is 402 g/mol. The van der Waals surface area contributed by atoms with Crippen LogP contribution in [0.15, 0.2) is 70.8 Å². The zero-order chi connectivity index (χ0) is 21.3. The number of carboxylic acid groups (broad SMARTS) is 1. The lowest BCUT2D eigenvalue weighted by Crippen LogP contribution is -2.30. The number of aromatic carboxylic acids is 1. The SMILES string of the molecule is Cc1ccc(C(=O)O)cc1-c1ccc(C=C2NC(=O)N(Cc3ccccc3)C2=O)o1. The first kappa shape index (κ1) is 19.2. The van der Waals surface area contributed by atoms with Gasteiger partial charge in [0.1, 0.15) is 17.2 Å². The van der Waals surface area contributed by atoms with Crippen molar-refractivity contribution < 1.29 is 23.9 Å². The van der Waals surface area contributed by atoms with Gasteiger partial charge in [-0.2, -0.15) is 0 Å². The average Bonchev–Trinajstić information content (AvgIpc) is 3.29. The van der Waals surface area contributed by atoms with E-state index < -0.39 is 17.9 Å². The first-order chi connectivity index (χ1) is 14.4. The van der Waals surface area contributed by atoms with E-state index in [2.05, 4.69) is 5.32 Å². The van der Waals surface area contributed by atoms with Gasteiger partial charge in [-0.05, 0) is 42.3 Å². The summed E-state index contributed by atoms with van der Waals surface area (Å²) in [6.07, 6.45) is 1.46. The Bertz CT molecular complexity index is 1180. The van der Waals surface area contributed by atoms with Crippen molar-refractivity contribution in [2.75, 3.05) is 0 Å². The van der Waals surface area contributed by atoms with Gasteiger partial charge in [-0.1, -0.05) is 36.4 Å². The highest BCUT2D eigenvalue weighted by Gasteiger charge is 2.33. The molecule has 1 aliphatic heterocycles. The summed E-state index contributed by atoms with van der Waals surface area (Å²) in [5, 5.41) is 11.8. The second-order valence-corrected chi connectivity index (χ2v) is 6.90. The number of nitrogens with zero attached hydrogens (tertiary/aromatic N) is 1. The topological polar surface area (TPSA) is 99.9 Å². The third-order valence-corrected chi connectivity index (χ3v) is 4.81. The molecule has 0 saturated carbocycles. The number of hydrogen-bond donors (Lipinski definition) is 2. The van der Waals surface area contributed by atoms with E-state index in [0.29, 0.717) is 17.1 Å². The summed E-state index contributed by atoms with van der Waals surface area (Å²) in [6, 6.07) is 16.9. The van der Waals surface area contributed by atoms with E-state index in [1.165, 1.54) is 18.2 Å². The Morgan fingerprint density at radius 3 is 2.60 bits per heavy atom. The Morgan fingerprint density at radius 2 is 1.87 bits per heavy atom. The largest absolute Gasteiger partial charge is 0.478 e. The van der Waals surface area contributed by atoms with E-state index >= 15 is 0 Å². The molecule has 0 aliphatic carbocycles. The van der Waals surface area contributed by atoms with Crippen LogP contribution in [0.25, 0.3) is 17.4 Å². The lowest BCUT2D eigenvalue weighted by molar-refractivity contribution is -0.123. The second-order valence-electron chi connectivity index (χ2n) is 6.90. The van der Waals surface area contributed by atoms with Crippen LogP contribution < -0.4 is 5.32 Å². The Morgan fingerprint density at radius 1 is 1.10 bits per heavy atom. The van der Waals surface area contributed by atoms with Crippen LogP contribution >= 0.6 is 0 Å². The fraction of sp³-hybridized carbons (Fsp3) is 0.0870.